The monoisotopic (exact) mass is 471 g/mol. The minimum absolute atomic E-state index is 0.169. The minimum atomic E-state index is -0.399. The first-order valence-corrected chi connectivity index (χ1v) is 9.83. The molecule has 6 nitrogen and oxygen atoms in total. The first-order chi connectivity index (χ1) is 12.8. The van der Waals surface area contributed by atoms with Gasteiger partial charge in [-0.3, -0.25) is 14.4 Å². The van der Waals surface area contributed by atoms with E-state index in [2.05, 4.69) is 26.2 Å². The molecule has 142 valence electrons. The molecule has 1 saturated heterocycles. The van der Waals surface area contributed by atoms with E-state index in [-0.39, 0.29) is 29.6 Å². The van der Waals surface area contributed by atoms with Crippen LogP contribution >= 0.6 is 39.1 Å². The van der Waals surface area contributed by atoms with Crippen molar-refractivity contribution < 1.29 is 9.59 Å². The number of halogens is 3. The number of amides is 2. The minimum Gasteiger partial charge on any atom is -0.338 e. The lowest BCUT2D eigenvalue weighted by Crippen LogP contribution is -2.44. The summed E-state index contributed by atoms with van der Waals surface area (Å²) in [5.41, 5.74) is 0.210. The third kappa shape index (κ3) is 4.72. The number of hydrogen-bond acceptors (Lipinski definition) is 3. The molecular formula is C18H16BrCl2N3O3. The predicted molar refractivity (Wildman–Crippen MR) is 108 cm³/mol. The van der Waals surface area contributed by atoms with Gasteiger partial charge in [-0.15, -0.1) is 0 Å². The number of aromatic nitrogens is 1. The molecule has 3 rings (SSSR count). The van der Waals surface area contributed by atoms with Gasteiger partial charge in [-0.1, -0.05) is 23.2 Å². The normalized spacial score (nSPS) is 16.9. The number of aromatic amines is 1. The van der Waals surface area contributed by atoms with Gasteiger partial charge in [0, 0.05) is 29.3 Å². The van der Waals surface area contributed by atoms with Crippen molar-refractivity contribution in [3.05, 3.63) is 60.9 Å². The third-order valence-corrected chi connectivity index (χ3v) is 5.57. The van der Waals surface area contributed by atoms with Crippen LogP contribution in [0.1, 0.15) is 23.2 Å². The van der Waals surface area contributed by atoms with Crippen LogP contribution in [0.5, 0.6) is 0 Å². The van der Waals surface area contributed by atoms with Crippen LogP contribution < -0.4 is 10.9 Å². The van der Waals surface area contributed by atoms with Gasteiger partial charge in [-0.25, -0.2) is 0 Å². The summed E-state index contributed by atoms with van der Waals surface area (Å²) in [7, 11) is 0. The van der Waals surface area contributed by atoms with E-state index in [1.54, 1.807) is 17.0 Å². The van der Waals surface area contributed by atoms with Gasteiger partial charge in [0.25, 0.3) is 11.5 Å². The first kappa shape index (κ1) is 19.9. The van der Waals surface area contributed by atoms with E-state index in [0.29, 0.717) is 39.5 Å². The molecule has 0 radical (unpaired) electrons. The zero-order chi connectivity index (χ0) is 19.6. The topological polar surface area (TPSA) is 82.3 Å². The van der Waals surface area contributed by atoms with Gasteiger partial charge < -0.3 is 15.2 Å². The Bertz CT molecular complexity index is 948. The van der Waals surface area contributed by atoms with Crippen LogP contribution in [-0.2, 0) is 4.79 Å². The number of hydrogen-bond donors (Lipinski definition) is 2. The Morgan fingerprint density at radius 1 is 1.22 bits per heavy atom. The van der Waals surface area contributed by atoms with Gasteiger partial charge in [0.2, 0.25) is 5.91 Å². The summed E-state index contributed by atoms with van der Waals surface area (Å²) < 4.78 is 0.650. The van der Waals surface area contributed by atoms with E-state index in [0.717, 1.165) is 0 Å². The maximum absolute atomic E-state index is 12.7. The molecule has 2 heterocycles. The summed E-state index contributed by atoms with van der Waals surface area (Å²) in [6.07, 6.45) is 2.83. The smallest absolute Gasteiger partial charge is 0.271 e. The number of carbonyl (C=O) groups excluding carboxylic acids is 2. The molecule has 0 aliphatic carbocycles. The van der Waals surface area contributed by atoms with Crippen molar-refractivity contribution in [2.24, 2.45) is 5.92 Å². The molecule has 2 amide bonds. The van der Waals surface area contributed by atoms with E-state index in [4.69, 9.17) is 23.2 Å². The number of nitrogens with zero attached hydrogens (tertiary/aromatic N) is 1. The van der Waals surface area contributed by atoms with Crippen LogP contribution in [0.15, 0.2) is 39.7 Å². The summed E-state index contributed by atoms with van der Waals surface area (Å²) in [5.74, 6) is -0.888. The summed E-state index contributed by atoms with van der Waals surface area (Å²) in [4.78, 5) is 41.3. The van der Waals surface area contributed by atoms with E-state index in [1.165, 1.54) is 18.3 Å². The highest BCUT2D eigenvalue weighted by Gasteiger charge is 2.29. The highest BCUT2D eigenvalue weighted by atomic mass is 79.9. The number of nitrogens with one attached hydrogen (secondary N) is 2. The number of piperidine rings is 1. The van der Waals surface area contributed by atoms with Crippen molar-refractivity contribution >= 4 is 56.6 Å². The number of rotatable bonds is 3. The SMILES string of the molecule is O=C(Nc1cc(Br)c[nH]c1=O)C1CCCN(C(=O)c2ccc(Cl)c(Cl)c2)C1. The van der Waals surface area contributed by atoms with Gasteiger partial charge in [0.05, 0.1) is 16.0 Å². The van der Waals surface area contributed by atoms with Crippen molar-refractivity contribution in [2.75, 3.05) is 18.4 Å². The van der Waals surface area contributed by atoms with Crippen LogP contribution in [-0.4, -0.2) is 34.8 Å². The van der Waals surface area contributed by atoms with Gasteiger partial charge in [-0.2, -0.15) is 0 Å². The first-order valence-electron chi connectivity index (χ1n) is 8.28. The summed E-state index contributed by atoms with van der Waals surface area (Å²) in [5, 5.41) is 3.33. The second-order valence-corrected chi connectivity index (χ2v) is 8.00. The Kier molecular flexibility index (Phi) is 6.24. The van der Waals surface area contributed by atoms with Crippen molar-refractivity contribution in [3.8, 4) is 0 Å². The number of H-pyrrole nitrogens is 1. The van der Waals surface area contributed by atoms with Gasteiger partial charge in [-0.05, 0) is 53.0 Å². The molecule has 0 bridgehead atoms. The quantitative estimate of drug-likeness (QED) is 0.709. The molecule has 1 atom stereocenters. The van der Waals surface area contributed by atoms with E-state index in [1.807, 2.05) is 0 Å². The molecule has 1 fully saturated rings. The molecule has 27 heavy (non-hydrogen) atoms. The molecule has 1 aliphatic heterocycles. The zero-order valence-corrected chi connectivity index (χ0v) is 17.2. The van der Waals surface area contributed by atoms with Gasteiger partial charge in [0.15, 0.2) is 0 Å². The van der Waals surface area contributed by atoms with Crippen molar-refractivity contribution in [3.63, 3.8) is 0 Å². The summed E-state index contributed by atoms with van der Waals surface area (Å²) in [6.45, 7) is 0.831. The summed E-state index contributed by atoms with van der Waals surface area (Å²) in [6, 6.07) is 6.25. The van der Waals surface area contributed by atoms with Crippen LogP contribution in [0, 0.1) is 5.92 Å². The molecule has 1 aliphatic rings. The fourth-order valence-corrected chi connectivity index (χ4v) is 3.61. The number of pyridine rings is 1. The molecule has 0 spiro atoms. The van der Waals surface area contributed by atoms with Crippen LogP contribution in [0.2, 0.25) is 10.0 Å². The Morgan fingerprint density at radius 2 is 2.00 bits per heavy atom. The molecule has 0 saturated carbocycles. The average Bonchev–Trinajstić information content (AvgIpc) is 2.66. The Morgan fingerprint density at radius 3 is 2.74 bits per heavy atom. The number of benzene rings is 1. The van der Waals surface area contributed by atoms with Crippen LogP contribution in [0.25, 0.3) is 0 Å². The van der Waals surface area contributed by atoms with Crippen molar-refractivity contribution in [1.29, 1.82) is 0 Å². The van der Waals surface area contributed by atoms with Gasteiger partial charge in [0.1, 0.15) is 5.69 Å². The Hall–Kier alpha value is -1.83. The fourth-order valence-electron chi connectivity index (χ4n) is 2.97. The molecule has 2 N–H and O–H groups in total. The van der Waals surface area contributed by atoms with E-state index < -0.39 is 5.92 Å². The zero-order valence-electron chi connectivity index (χ0n) is 14.1. The van der Waals surface area contributed by atoms with Crippen LogP contribution in [0.4, 0.5) is 5.69 Å². The standard InChI is InChI=1S/C18H16BrCl2N3O3/c19-12-7-15(17(26)22-8-12)23-16(25)11-2-1-5-24(9-11)18(27)10-3-4-13(20)14(21)6-10/h3-4,6-8,11H,1-2,5,9H2,(H,22,26)(H,23,25). The fraction of sp³-hybridized carbons (Fsp3) is 0.278. The lowest BCUT2D eigenvalue weighted by atomic mass is 9.96. The number of likely N-dealkylation sites (tertiary alicyclic amines) is 1. The van der Waals surface area contributed by atoms with Crippen LogP contribution in [0.3, 0.4) is 0 Å². The number of carbonyl (C=O) groups is 2. The van der Waals surface area contributed by atoms with Crippen molar-refractivity contribution in [1.82, 2.24) is 9.88 Å². The lowest BCUT2D eigenvalue weighted by Gasteiger charge is -2.32. The second-order valence-electron chi connectivity index (χ2n) is 6.27. The van der Waals surface area contributed by atoms with Crippen molar-refractivity contribution in [2.45, 2.75) is 12.8 Å². The lowest BCUT2D eigenvalue weighted by molar-refractivity contribution is -0.121. The number of anilines is 1. The maximum atomic E-state index is 12.7. The Balaban J connectivity index is 1.70. The van der Waals surface area contributed by atoms with E-state index in [9.17, 15) is 14.4 Å². The molecule has 1 aromatic carbocycles. The van der Waals surface area contributed by atoms with Gasteiger partial charge >= 0.3 is 0 Å². The highest BCUT2D eigenvalue weighted by Crippen LogP contribution is 2.25. The largest absolute Gasteiger partial charge is 0.338 e. The Labute approximate surface area is 174 Å². The second kappa shape index (κ2) is 8.46. The molecule has 1 aromatic heterocycles. The molecule has 2 aromatic rings. The maximum Gasteiger partial charge on any atom is 0.271 e. The molecular weight excluding hydrogens is 457 g/mol. The predicted octanol–water partition coefficient (Wildman–Crippen LogP) is 3.94. The molecule has 9 heteroatoms. The molecule has 1 unspecified atom stereocenters. The summed E-state index contributed by atoms with van der Waals surface area (Å²) >= 11 is 15.1. The van der Waals surface area contributed by atoms with E-state index >= 15 is 0 Å². The average molecular weight is 473 g/mol. The third-order valence-electron chi connectivity index (χ3n) is 4.37. The highest BCUT2D eigenvalue weighted by molar-refractivity contribution is 9.10.